The van der Waals surface area contributed by atoms with Gasteiger partial charge in [-0.3, -0.25) is 0 Å². The Morgan fingerprint density at radius 2 is 2.25 bits per heavy atom. The van der Waals surface area contributed by atoms with Crippen LogP contribution in [-0.4, -0.2) is 41.8 Å². The molecule has 0 aromatic rings. The molecular formula is C12H24N2O2. The number of nitrogens with one attached hydrogen (secondary N) is 1. The highest BCUT2D eigenvalue weighted by Gasteiger charge is 2.21. The van der Waals surface area contributed by atoms with E-state index in [1.165, 1.54) is 6.42 Å². The standard InChI is InChI=1S/C12H24N2O2/c1-9(2)11(15)7-13-12(16)14-6-4-5-10(3)8-14/h9-11,15H,4-8H2,1-3H3,(H,13,16). The largest absolute Gasteiger partial charge is 0.391 e. The van der Waals surface area contributed by atoms with Crippen molar-refractivity contribution in [2.75, 3.05) is 19.6 Å². The lowest BCUT2D eigenvalue weighted by Gasteiger charge is -2.31. The second kappa shape index (κ2) is 6.09. The molecule has 94 valence electrons. The van der Waals surface area contributed by atoms with Crippen LogP contribution in [-0.2, 0) is 0 Å². The van der Waals surface area contributed by atoms with Gasteiger partial charge in [0.1, 0.15) is 0 Å². The van der Waals surface area contributed by atoms with Crippen molar-refractivity contribution in [3.8, 4) is 0 Å². The smallest absolute Gasteiger partial charge is 0.317 e. The summed E-state index contributed by atoms with van der Waals surface area (Å²) in [4.78, 5) is 13.6. The minimum Gasteiger partial charge on any atom is -0.391 e. The van der Waals surface area contributed by atoms with Crippen LogP contribution in [0, 0.1) is 11.8 Å². The fraction of sp³-hybridized carbons (Fsp3) is 0.917. The summed E-state index contributed by atoms with van der Waals surface area (Å²) in [5.41, 5.74) is 0. The van der Waals surface area contributed by atoms with E-state index in [0.29, 0.717) is 12.5 Å². The van der Waals surface area contributed by atoms with Crippen LogP contribution in [0.5, 0.6) is 0 Å². The van der Waals surface area contributed by atoms with Crippen LogP contribution in [0.4, 0.5) is 4.79 Å². The van der Waals surface area contributed by atoms with E-state index in [2.05, 4.69) is 12.2 Å². The maximum Gasteiger partial charge on any atom is 0.317 e. The molecule has 1 rings (SSSR count). The third-order valence-electron chi connectivity index (χ3n) is 3.18. The van der Waals surface area contributed by atoms with E-state index < -0.39 is 6.10 Å². The van der Waals surface area contributed by atoms with Gasteiger partial charge in [-0.25, -0.2) is 4.79 Å². The monoisotopic (exact) mass is 228 g/mol. The molecule has 1 aliphatic rings. The number of carbonyl (C=O) groups is 1. The molecule has 2 atom stereocenters. The molecule has 1 heterocycles. The lowest BCUT2D eigenvalue weighted by Crippen LogP contribution is -2.47. The van der Waals surface area contributed by atoms with Crippen LogP contribution >= 0.6 is 0 Å². The number of amides is 2. The van der Waals surface area contributed by atoms with Gasteiger partial charge in [-0.2, -0.15) is 0 Å². The number of hydrogen-bond donors (Lipinski definition) is 2. The summed E-state index contributed by atoms with van der Waals surface area (Å²) in [6, 6.07) is -0.0359. The maximum atomic E-state index is 11.8. The van der Waals surface area contributed by atoms with Gasteiger partial charge in [0.05, 0.1) is 6.10 Å². The van der Waals surface area contributed by atoms with Crippen molar-refractivity contribution in [2.24, 2.45) is 11.8 Å². The Balaban J connectivity index is 2.29. The summed E-state index contributed by atoms with van der Waals surface area (Å²) in [7, 11) is 0. The van der Waals surface area contributed by atoms with Crippen molar-refractivity contribution in [3.05, 3.63) is 0 Å². The zero-order valence-electron chi connectivity index (χ0n) is 10.6. The fourth-order valence-corrected chi connectivity index (χ4v) is 1.91. The van der Waals surface area contributed by atoms with Gasteiger partial charge in [-0.1, -0.05) is 20.8 Å². The molecule has 0 bridgehead atoms. The van der Waals surface area contributed by atoms with E-state index in [0.717, 1.165) is 19.5 Å². The third-order valence-corrected chi connectivity index (χ3v) is 3.18. The molecule has 1 fully saturated rings. The zero-order valence-corrected chi connectivity index (χ0v) is 10.6. The van der Waals surface area contributed by atoms with Crippen LogP contribution in [0.15, 0.2) is 0 Å². The quantitative estimate of drug-likeness (QED) is 0.768. The minimum absolute atomic E-state index is 0.0359. The summed E-state index contributed by atoms with van der Waals surface area (Å²) in [6.45, 7) is 8.08. The van der Waals surface area contributed by atoms with Crippen molar-refractivity contribution < 1.29 is 9.90 Å². The summed E-state index contributed by atoms with van der Waals surface area (Å²) in [6.07, 6.45) is 1.84. The second-order valence-corrected chi connectivity index (χ2v) is 5.19. The van der Waals surface area contributed by atoms with Gasteiger partial charge in [0, 0.05) is 19.6 Å². The normalized spacial score (nSPS) is 23.3. The van der Waals surface area contributed by atoms with Gasteiger partial charge in [0.15, 0.2) is 0 Å². The van der Waals surface area contributed by atoms with Gasteiger partial charge in [-0.05, 0) is 24.7 Å². The number of nitrogens with zero attached hydrogens (tertiary/aromatic N) is 1. The van der Waals surface area contributed by atoms with Crippen molar-refractivity contribution >= 4 is 6.03 Å². The molecule has 16 heavy (non-hydrogen) atoms. The Morgan fingerprint density at radius 3 is 2.81 bits per heavy atom. The summed E-state index contributed by atoms with van der Waals surface area (Å²) >= 11 is 0. The molecule has 0 radical (unpaired) electrons. The second-order valence-electron chi connectivity index (χ2n) is 5.19. The Morgan fingerprint density at radius 1 is 1.56 bits per heavy atom. The number of aliphatic hydroxyl groups is 1. The molecular weight excluding hydrogens is 204 g/mol. The van der Waals surface area contributed by atoms with E-state index in [-0.39, 0.29) is 11.9 Å². The average molecular weight is 228 g/mol. The molecule has 0 aromatic carbocycles. The Bertz CT molecular complexity index is 231. The van der Waals surface area contributed by atoms with E-state index in [9.17, 15) is 9.90 Å². The van der Waals surface area contributed by atoms with E-state index in [4.69, 9.17) is 0 Å². The highest BCUT2D eigenvalue weighted by atomic mass is 16.3. The zero-order chi connectivity index (χ0) is 12.1. The van der Waals surface area contributed by atoms with Crippen molar-refractivity contribution in [2.45, 2.75) is 39.7 Å². The third kappa shape index (κ3) is 4.00. The predicted molar refractivity (Wildman–Crippen MR) is 64.2 cm³/mol. The molecule has 0 aliphatic carbocycles. The molecule has 0 saturated carbocycles. The highest BCUT2D eigenvalue weighted by molar-refractivity contribution is 5.74. The van der Waals surface area contributed by atoms with Crippen molar-refractivity contribution in [3.63, 3.8) is 0 Å². The summed E-state index contributed by atoms with van der Waals surface area (Å²) in [5, 5.41) is 12.4. The SMILES string of the molecule is CC1CCCN(C(=O)NCC(O)C(C)C)C1. The molecule has 0 aromatic heterocycles. The van der Waals surface area contributed by atoms with Gasteiger partial charge in [0.25, 0.3) is 0 Å². The molecule has 2 amide bonds. The van der Waals surface area contributed by atoms with Crippen LogP contribution in [0.2, 0.25) is 0 Å². The fourth-order valence-electron chi connectivity index (χ4n) is 1.91. The highest BCUT2D eigenvalue weighted by Crippen LogP contribution is 2.15. The maximum absolute atomic E-state index is 11.8. The molecule has 2 N–H and O–H groups in total. The molecule has 4 heteroatoms. The first-order valence-corrected chi connectivity index (χ1v) is 6.21. The summed E-state index contributed by atoms with van der Waals surface area (Å²) in [5.74, 6) is 0.773. The number of urea groups is 1. The lowest BCUT2D eigenvalue weighted by atomic mass is 10.0. The molecule has 4 nitrogen and oxygen atoms in total. The summed E-state index contributed by atoms with van der Waals surface area (Å²) < 4.78 is 0. The number of carbonyl (C=O) groups excluding carboxylic acids is 1. The molecule has 0 spiro atoms. The van der Waals surface area contributed by atoms with Crippen LogP contribution in [0.25, 0.3) is 0 Å². The first-order chi connectivity index (χ1) is 7.50. The van der Waals surface area contributed by atoms with Gasteiger partial charge in [-0.15, -0.1) is 0 Å². The first kappa shape index (κ1) is 13.3. The van der Waals surface area contributed by atoms with E-state index in [1.807, 2.05) is 18.7 Å². The Hall–Kier alpha value is -0.770. The average Bonchev–Trinajstić information content (AvgIpc) is 2.25. The molecule has 2 unspecified atom stereocenters. The van der Waals surface area contributed by atoms with Gasteiger partial charge in [0.2, 0.25) is 0 Å². The molecule has 1 saturated heterocycles. The number of aliphatic hydroxyl groups excluding tert-OH is 1. The Kier molecular flexibility index (Phi) is 5.06. The first-order valence-electron chi connectivity index (χ1n) is 6.21. The van der Waals surface area contributed by atoms with Crippen LogP contribution in [0.3, 0.4) is 0 Å². The Labute approximate surface area is 98.0 Å². The van der Waals surface area contributed by atoms with Crippen LogP contribution < -0.4 is 5.32 Å². The number of piperidine rings is 1. The van der Waals surface area contributed by atoms with Crippen LogP contribution in [0.1, 0.15) is 33.6 Å². The minimum atomic E-state index is -0.453. The van der Waals surface area contributed by atoms with Gasteiger partial charge < -0.3 is 15.3 Å². The number of likely N-dealkylation sites (tertiary alicyclic amines) is 1. The predicted octanol–water partition coefficient (Wildman–Crippen LogP) is 1.44. The van der Waals surface area contributed by atoms with Gasteiger partial charge >= 0.3 is 6.03 Å². The number of hydrogen-bond acceptors (Lipinski definition) is 2. The lowest BCUT2D eigenvalue weighted by molar-refractivity contribution is 0.118. The molecule has 1 aliphatic heterocycles. The number of rotatable bonds is 3. The van der Waals surface area contributed by atoms with Crippen molar-refractivity contribution in [1.82, 2.24) is 10.2 Å². The topological polar surface area (TPSA) is 52.6 Å². The van der Waals surface area contributed by atoms with E-state index in [1.54, 1.807) is 0 Å². The van der Waals surface area contributed by atoms with E-state index >= 15 is 0 Å². The van der Waals surface area contributed by atoms with Crippen molar-refractivity contribution in [1.29, 1.82) is 0 Å².